The first-order chi connectivity index (χ1) is 9.39. The van der Waals surface area contributed by atoms with E-state index in [4.69, 9.17) is 0 Å². The number of hydrogen-bond donors (Lipinski definition) is 2. The maximum Gasteiger partial charge on any atom is 0.271 e. The van der Waals surface area contributed by atoms with Crippen molar-refractivity contribution in [1.29, 1.82) is 0 Å². The first-order valence-electron chi connectivity index (χ1n) is 6.37. The smallest absolute Gasteiger partial charge is 0.271 e. The van der Waals surface area contributed by atoms with Crippen LogP contribution in [0, 0.1) is 16.0 Å². The van der Waals surface area contributed by atoms with E-state index in [1.165, 1.54) is 25.2 Å². The third kappa shape index (κ3) is 2.91. The molecule has 0 heterocycles. The first kappa shape index (κ1) is 14.7. The number of hydrogen-bond acceptors (Lipinski definition) is 5. The fraction of sp³-hybridized carbons (Fsp3) is 0.500. The Morgan fingerprint density at radius 1 is 1.45 bits per heavy atom. The van der Waals surface area contributed by atoms with Crippen LogP contribution in [0.5, 0.6) is 0 Å². The van der Waals surface area contributed by atoms with Gasteiger partial charge in [0, 0.05) is 25.2 Å². The van der Waals surface area contributed by atoms with E-state index in [1.54, 1.807) is 0 Å². The van der Waals surface area contributed by atoms with Gasteiger partial charge in [0.2, 0.25) is 10.0 Å². The number of nitrogens with one attached hydrogen (secondary N) is 2. The largest absolute Gasteiger partial charge is 0.387 e. The van der Waals surface area contributed by atoms with Gasteiger partial charge < -0.3 is 5.32 Å². The summed E-state index contributed by atoms with van der Waals surface area (Å²) in [7, 11) is -2.13. The summed E-state index contributed by atoms with van der Waals surface area (Å²) in [6, 6.07) is 3.65. The van der Waals surface area contributed by atoms with Gasteiger partial charge in [-0.05, 0) is 18.4 Å². The first-order valence-corrected chi connectivity index (χ1v) is 7.86. The van der Waals surface area contributed by atoms with Crippen LogP contribution in [-0.2, 0) is 10.0 Å². The summed E-state index contributed by atoms with van der Waals surface area (Å²) < 4.78 is 27.2. The van der Waals surface area contributed by atoms with E-state index in [0.717, 1.165) is 12.8 Å². The van der Waals surface area contributed by atoms with Crippen LogP contribution in [-0.4, -0.2) is 26.4 Å². The molecule has 2 unspecified atom stereocenters. The highest BCUT2D eigenvalue weighted by Crippen LogP contribution is 2.35. The average Bonchev–Trinajstić information content (AvgIpc) is 3.15. The minimum Gasteiger partial charge on any atom is -0.387 e. The van der Waals surface area contributed by atoms with Crippen LogP contribution in [0.4, 0.5) is 11.4 Å². The Morgan fingerprint density at radius 3 is 2.65 bits per heavy atom. The van der Waals surface area contributed by atoms with Gasteiger partial charge in [0.05, 0.1) is 10.6 Å². The molecule has 2 rings (SSSR count). The SMILES string of the molecule is CCC1CC1NS(=O)(=O)c1ccc([N+](=O)[O-])cc1NC. The molecule has 1 aliphatic rings. The van der Waals surface area contributed by atoms with Gasteiger partial charge in [-0.15, -0.1) is 0 Å². The molecule has 20 heavy (non-hydrogen) atoms. The fourth-order valence-electron chi connectivity index (χ4n) is 2.17. The quantitative estimate of drug-likeness (QED) is 0.615. The van der Waals surface area contributed by atoms with Crippen LogP contribution in [0.3, 0.4) is 0 Å². The van der Waals surface area contributed by atoms with Crippen LogP contribution in [0.15, 0.2) is 23.1 Å². The van der Waals surface area contributed by atoms with Gasteiger partial charge >= 0.3 is 0 Å². The molecule has 1 saturated carbocycles. The van der Waals surface area contributed by atoms with Crippen LogP contribution >= 0.6 is 0 Å². The molecule has 1 aromatic rings. The molecule has 0 radical (unpaired) electrons. The van der Waals surface area contributed by atoms with E-state index < -0.39 is 14.9 Å². The lowest BCUT2D eigenvalue weighted by atomic mass is 10.3. The third-order valence-corrected chi connectivity index (χ3v) is 5.03. The Morgan fingerprint density at radius 2 is 2.15 bits per heavy atom. The van der Waals surface area contributed by atoms with Gasteiger partial charge in [0.25, 0.3) is 5.69 Å². The van der Waals surface area contributed by atoms with Gasteiger partial charge in [0.15, 0.2) is 0 Å². The number of nitrogens with zero attached hydrogens (tertiary/aromatic N) is 1. The molecule has 1 aromatic carbocycles. The number of sulfonamides is 1. The number of nitro groups is 1. The molecule has 0 saturated heterocycles. The lowest BCUT2D eigenvalue weighted by Gasteiger charge is -2.11. The van der Waals surface area contributed by atoms with Gasteiger partial charge in [0.1, 0.15) is 4.90 Å². The van der Waals surface area contributed by atoms with E-state index in [1.807, 2.05) is 6.92 Å². The summed E-state index contributed by atoms with van der Waals surface area (Å²) in [5, 5.41) is 13.4. The second-order valence-corrected chi connectivity index (χ2v) is 6.50. The standard InChI is InChI=1S/C12H17N3O4S/c1-3-8-6-10(8)14-20(18,19)12-5-4-9(15(16)17)7-11(12)13-2/h4-5,7-8,10,13-14H,3,6H2,1-2H3. The lowest BCUT2D eigenvalue weighted by molar-refractivity contribution is -0.384. The Labute approximate surface area is 117 Å². The molecule has 0 aromatic heterocycles. The Bertz CT molecular complexity index is 630. The molecule has 1 fully saturated rings. The van der Waals surface area contributed by atoms with Crippen molar-refractivity contribution < 1.29 is 13.3 Å². The summed E-state index contributed by atoms with van der Waals surface area (Å²) in [6.45, 7) is 2.02. The summed E-state index contributed by atoms with van der Waals surface area (Å²) in [4.78, 5) is 10.2. The van der Waals surface area contributed by atoms with Gasteiger partial charge in [-0.1, -0.05) is 13.3 Å². The van der Waals surface area contributed by atoms with Crippen molar-refractivity contribution in [2.75, 3.05) is 12.4 Å². The normalized spacial score (nSPS) is 21.5. The van der Waals surface area contributed by atoms with Crippen molar-refractivity contribution in [2.45, 2.75) is 30.7 Å². The lowest BCUT2D eigenvalue weighted by Crippen LogP contribution is -2.27. The van der Waals surface area contributed by atoms with E-state index in [0.29, 0.717) is 5.92 Å². The predicted octanol–water partition coefficient (Wildman–Crippen LogP) is 1.71. The summed E-state index contributed by atoms with van der Waals surface area (Å²) in [5.74, 6) is 0.390. The van der Waals surface area contributed by atoms with Crippen LogP contribution < -0.4 is 10.0 Å². The number of non-ortho nitro benzene ring substituents is 1. The Hall–Kier alpha value is -1.67. The average molecular weight is 299 g/mol. The third-order valence-electron chi connectivity index (χ3n) is 3.49. The summed E-state index contributed by atoms with van der Waals surface area (Å²) in [6.07, 6.45) is 1.78. The van der Waals surface area contributed by atoms with Crippen molar-refractivity contribution in [1.82, 2.24) is 4.72 Å². The highest BCUT2D eigenvalue weighted by Gasteiger charge is 2.39. The second kappa shape index (κ2) is 5.37. The molecular formula is C12H17N3O4S. The molecule has 8 heteroatoms. The van der Waals surface area contributed by atoms with E-state index in [-0.39, 0.29) is 22.3 Å². The molecular weight excluding hydrogens is 282 g/mol. The minimum absolute atomic E-state index is 0.0232. The number of anilines is 1. The highest BCUT2D eigenvalue weighted by molar-refractivity contribution is 7.89. The van der Waals surface area contributed by atoms with Gasteiger partial charge in [-0.3, -0.25) is 10.1 Å². The summed E-state index contributed by atoms with van der Waals surface area (Å²) >= 11 is 0. The van der Waals surface area contributed by atoms with Crippen molar-refractivity contribution in [3.8, 4) is 0 Å². The Balaban J connectivity index is 2.29. The molecule has 2 N–H and O–H groups in total. The maximum atomic E-state index is 12.3. The molecule has 0 spiro atoms. The molecule has 0 aliphatic heterocycles. The van der Waals surface area contributed by atoms with E-state index in [2.05, 4.69) is 10.0 Å². The van der Waals surface area contributed by atoms with Crippen molar-refractivity contribution in [3.05, 3.63) is 28.3 Å². The van der Waals surface area contributed by atoms with Gasteiger partial charge in [-0.25, -0.2) is 13.1 Å². The number of benzene rings is 1. The second-order valence-electron chi connectivity index (χ2n) is 4.82. The van der Waals surface area contributed by atoms with Crippen LogP contribution in [0.1, 0.15) is 19.8 Å². The zero-order chi connectivity index (χ0) is 14.9. The van der Waals surface area contributed by atoms with Gasteiger partial charge in [-0.2, -0.15) is 0 Å². The Kier molecular flexibility index (Phi) is 3.96. The fourth-order valence-corrected chi connectivity index (χ4v) is 3.68. The summed E-state index contributed by atoms with van der Waals surface area (Å²) in [5.41, 5.74) is 0.0755. The molecule has 0 bridgehead atoms. The molecule has 1 aliphatic carbocycles. The van der Waals surface area contributed by atoms with Crippen LogP contribution in [0.25, 0.3) is 0 Å². The molecule has 110 valence electrons. The topological polar surface area (TPSA) is 101 Å². The molecule has 0 amide bonds. The zero-order valence-electron chi connectivity index (χ0n) is 11.3. The highest BCUT2D eigenvalue weighted by atomic mass is 32.2. The van der Waals surface area contributed by atoms with E-state index in [9.17, 15) is 18.5 Å². The number of rotatable bonds is 6. The maximum absolute atomic E-state index is 12.3. The monoisotopic (exact) mass is 299 g/mol. The molecule has 7 nitrogen and oxygen atoms in total. The van der Waals surface area contributed by atoms with Crippen molar-refractivity contribution >= 4 is 21.4 Å². The van der Waals surface area contributed by atoms with Crippen molar-refractivity contribution in [2.24, 2.45) is 5.92 Å². The number of nitro benzene ring substituents is 1. The molecule has 2 atom stereocenters. The van der Waals surface area contributed by atoms with E-state index >= 15 is 0 Å². The minimum atomic E-state index is -3.66. The predicted molar refractivity (Wildman–Crippen MR) is 75.2 cm³/mol. The van der Waals surface area contributed by atoms with Crippen molar-refractivity contribution in [3.63, 3.8) is 0 Å². The zero-order valence-corrected chi connectivity index (χ0v) is 12.1. The van der Waals surface area contributed by atoms with Crippen LogP contribution in [0.2, 0.25) is 0 Å².